The molecule has 142 valence electrons. The number of carbonyl (C=O) groups is 1. The third-order valence-corrected chi connectivity index (χ3v) is 4.87. The van der Waals surface area contributed by atoms with Crippen LogP contribution in [0.4, 0.5) is 0 Å². The minimum Gasteiger partial charge on any atom is -0.360 e. The van der Waals surface area contributed by atoms with Gasteiger partial charge in [-0.15, -0.1) is 5.10 Å². The van der Waals surface area contributed by atoms with Crippen LogP contribution >= 0.6 is 0 Å². The van der Waals surface area contributed by atoms with Crippen molar-refractivity contribution < 1.29 is 4.79 Å². The van der Waals surface area contributed by atoms with Gasteiger partial charge in [0.2, 0.25) is 5.78 Å². The maximum Gasteiger partial charge on any atom is 0.213 e. The Morgan fingerprint density at radius 3 is 2.28 bits per heavy atom. The number of H-pyrrole nitrogens is 1. The summed E-state index contributed by atoms with van der Waals surface area (Å²) in [5, 5.41) is 9.68. The highest BCUT2D eigenvalue weighted by Crippen LogP contribution is 2.21. The molecule has 0 atom stereocenters. The molecule has 4 aromatic rings. The van der Waals surface area contributed by atoms with Gasteiger partial charge < -0.3 is 4.98 Å². The number of para-hydroxylation sites is 1. The molecule has 0 bridgehead atoms. The summed E-state index contributed by atoms with van der Waals surface area (Å²) in [6.45, 7) is 2.13. The van der Waals surface area contributed by atoms with Crippen molar-refractivity contribution in [2.45, 2.75) is 13.3 Å². The molecule has 0 radical (unpaired) electrons. The minimum absolute atomic E-state index is 0.152. The number of fused-ring (bicyclic) bond motifs is 1. The maximum absolute atomic E-state index is 13.0. The van der Waals surface area contributed by atoms with Crippen LogP contribution in [0.1, 0.15) is 34.0 Å². The van der Waals surface area contributed by atoms with E-state index in [2.05, 4.69) is 34.2 Å². The lowest BCUT2D eigenvalue weighted by molar-refractivity contribution is 0.106. The molecule has 0 saturated heterocycles. The van der Waals surface area contributed by atoms with E-state index < -0.39 is 0 Å². The summed E-state index contributed by atoms with van der Waals surface area (Å²) in [5.41, 5.74) is 4.97. The zero-order valence-electron chi connectivity index (χ0n) is 16.2. The first-order valence-electron chi connectivity index (χ1n) is 9.63. The van der Waals surface area contributed by atoms with Crippen molar-refractivity contribution in [2.24, 2.45) is 10.2 Å². The Kier molecular flexibility index (Phi) is 5.43. The Labute approximate surface area is 169 Å². The summed E-state index contributed by atoms with van der Waals surface area (Å²) in [6.07, 6.45) is 4.57. The molecule has 0 saturated carbocycles. The Morgan fingerprint density at radius 1 is 0.897 bits per heavy atom. The number of hydrogen-bond donors (Lipinski definition) is 1. The van der Waals surface area contributed by atoms with Gasteiger partial charge in [-0.2, -0.15) is 5.10 Å². The van der Waals surface area contributed by atoms with Crippen LogP contribution in [0.2, 0.25) is 0 Å². The van der Waals surface area contributed by atoms with Crippen LogP contribution in [0, 0.1) is 0 Å². The summed E-state index contributed by atoms with van der Waals surface area (Å²) in [7, 11) is 0. The van der Waals surface area contributed by atoms with E-state index in [9.17, 15) is 4.79 Å². The average molecular weight is 379 g/mol. The zero-order valence-corrected chi connectivity index (χ0v) is 16.2. The van der Waals surface area contributed by atoms with Crippen LogP contribution in [0.15, 0.2) is 95.3 Å². The number of nitrogens with zero attached hydrogens (tertiary/aromatic N) is 2. The smallest absolute Gasteiger partial charge is 0.213 e. The summed E-state index contributed by atoms with van der Waals surface area (Å²) in [6, 6.07) is 24.8. The molecule has 1 N–H and O–H groups in total. The lowest BCUT2D eigenvalue weighted by Crippen LogP contribution is -2.15. The number of aromatic nitrogens is 1. The van der Waals surface area contributed by atoms with Gasteiger partial charge in [0.05, 0.1) is 6.21 Å². The van der Waals surface area contributed by atoms with Crippen LogP contribution in [0.5, 0.6) is 0 Å². The van der Waals surface area contributed by atoms with Gasteiger partial charge >= 0.3 is 0 Å². The van der Waals surface area contributed by atoms with Gasteiger partial charge in [0, 0.05) is 33.8 Å². The summed E-state index contributed by atoms with van der Waals surface area (Å²) >= 11 is 0. The van der Waals surface area contributed by atoms with Gasteiger partial charge in [0.1, 0.15) is 5.71 Å². The van der Waals surface area contributed by atoms with Crippen molar-refractivity contribution in [3.05, 3.63) is 107 Å². The molecular weight excluding hydrogens is 358 g/mol. The van der Waals surface area contributed by atoms with E-state index in [0.717, 1.165) is 28.5 Å². The molecule has 3 aromatic carbocycles. The highest BCUT2D eigenvalue weighted by Gasteiger charge is 2.16. The molecule has 4 rings (SSSR count). The average Bonchev–Trinajstić information content (AvgIpc) is 3.21. The molecule has 4 heteroatoms. The number of Topliss-reactive ketones (excluding diaryl/α,β-unsaturated/α-hetero) is 1. The first kappa shape index (κ1) is 18.6. The number of aromatic amines is 1. The Bertz CT molecular complexity index is 1190. The highest BCUT2D eigenvalue weighted by molar-refractivity contribution is 6.51. The van der Waals surface area contributed by atoms with Crippen LogP contribution in [-0.4, -0.2) is 22.7 Å². The monoisotopic (exact) mass is 379 g/mol. The number of nitrogens with one attached hydrogen (secondary N) is 1. The predicted octanol–water partition coefficient (Wildman–Crippen LogP) is 5.44. The van der Waals surface area contributed by atoms with Gasteiger partial charge in [-0.3, -0.25) is 4.79 Å². The van der Waals surface area contributed by atoms with E-state index >= 15 is 0 Å². The predicted molar refractivity (Wildman–Crippen MR) is 119 cm³/mol. The van der Waals surface area contributed by atoms with Gasteiger partial charge in [0.15, 0.2) is 0 Å². The second-order valence-corrected chi connectivity index (χ2v) is 6.69. The Morgan fingerprint density at radius 2 is 1.59 bits per heavy atom. The molecule has 1 aromatic heterocycles. The standard InChI is InChI=1S/C25H21N3O/c1-2-18-14-9-15-22-21(16-26-23(18)22)17-27-28-24(19-10-5-3-6-11-19)25(29)20-12-7-4-8-13-20/h3-17,26H,2H2,1H3. The molecule has 29 heavy (non-hydrogen) atoms. The summed E-state index contributed by atoms with van der Waals surface area (Å²) < 4.78 is 0. The minimum atomic E-state index is -0.152. The Balaban J connectivity index is 1.71. The van der Waals surface area contributed by atoms with Crippen molar-refractivity contribution in [1.82, 2.24) is 4.98 Å². The van der Waals surface area contributed by atoms with Crippen molar-refractivity contribution in [2.75, 3.05) is 0 Å². The second-order valence-electron chi connectivity index (χ2n) is 6.69. The lowest BCUT2D eigenvalue weighted by atomic mass is 10.0. The number of carbonyl (C=O) groups excluding carboxylic acids is 1. The quantitative estimate of drug-likeness (QED) is 0.271. The van der Waals surface area contributed by atoms with E-state index in [1.54, 1.807) is 18.3 Å². The van der Waals surface area contributed by atoms with Crippen LogP contribution in [0.25, 0.3) is 10.9 Å². The van der Waals surface area contributed by atoms with E-state index in [1.165, 1.54) is 5.56 Å². The third-order valence-electron chi connectivity index (χ3n) is 4.87. The normalized spacial score (nSPS) is 12.0. The SMILES string of the molecule is CCc1cccc2c(C=NN=C(C(=O)c3ccccc3)c3ccccc3)c[nH]c12. The summed E-state index contributed by atoms with van der Waals surface area (Å²) in [4.78, 5) is 16.3. The second kappa shape index (κ2) is 8.48. The van der Waals surface area contributed by atoms with Crippen LogP contribution in [0.3, 0.4) is 0 Å². The van der Waals surface area contributed by atoms with E-state index in [-0.39, 0.29) is 5.78 Å². The molecule has 0 amide bonds. The number of hydrogen-bond acceptors (Lipinski definition) is 3. The maximum atomic E-state index is 13.0. The first-order valence-corrected chi connectivity index (χ1v) is 9.63. The zero-order chi connectivity index (χ0) is 20.1. The topological polar surface area (TPSA) is 57.6 Å². The highest BCUT2D eigenvalue weighted by atomic mass is 16.1. The fourth-order valence-electron chi connectivity index (χ4n) is 3.35. The van der Waals surface area contributed by atoms with E-state index in [4.69, 9.17) is 0 Å². The number of aryl methyl sites for hydroxylation is 1. The number of ketones is 1. The molecule has 0 aliphatic carbocycles. The molecule has 0 aliphatic rings. The third kappa shape index (κ3) is 3.92. The fraction of sp³-hybridized carbons (Fsp3) is 0.0800. The molecule has 1 heterocycles. The molecule has 0 spiro atoms. The number of benzene rings is 3. The Hall–Kier alpha value is -3.79. The van der Waals surface area contributed by atoms with Crippen molar-refractivity contribution in [3.8, 4) is 0 Å². The van der Waals surface area contributed by atoms with Gasteiger partial charge in [-0.1, -0.05) is 85.8 Å². The molecule has 0 aliphatic heterocycles. The molecule has 0 fully saturated rings. The van der Waals surface area contributed by atoms with Gasteiger partial charge in [-0.05, 0) is 12.0 Å². The van der Waals surface area contributed by atoms with Gasteiger partial charge in [-0.25, -0.2) is 0 Å². The lowest BCUT2D eigenvalue weighted by Gasteiger charge is -2.04. The largest absolute Gasteiger partial charge is 0.360 e. The van der Waals surface area contributed by atoms with Crippen molar-refractivity contribution in [3.63, 3.8) is 0 Å². The van der Waals surface area contributed by atoms with Crippen molar-refractivity contribution >= 4 is 28.6 Å². The van der Waals surface area contributed by atoms with E-state index in [0.29, 0.717) is 11.3 Å². The number of rotatable bonds is 6. The fourth-order valence-corrected chi connectivity index (χ4v) is 3.35. The van der Waals surface area contributed by atoms with Crippen LogP contribution < -0.4 is 0 Å². The molecule has 4 nitrogen and oxygen atoms in total. The van der Waals surface area contributed by atoms with Gasteiger partial charge in [0.25, 0.3) is 0 Å². The first-order chi connectivity index (χ1) is 14.3. The van der Waals surface area contributed by atoms with Crippen LogP contribution in [-0.2, 0) is 6.42 Å². The summed E-state index contributed by atoms with van der Waals surface area (Å²) in [5.74, 6) is -0.152. The van der Waals surface area contributed by atoms with Crippen molar-refractivity contribution in [1.29, 1.82) is 0 Å². The molecule has 0 unspecified atom stereocenters. The van der Waals surface area contributed by atoms with E-state index in [1.807, 2.05) is 60.8 Å². The molecular formula is C25H21N3O.